The highest BCUT2D eigenvalue weighted by Gasteiger charge is 2.51. The fourth-order valence-corrected chi connectivity index (χ4v) is 2.47. The molecule has 0 aromatic carbocycles. The van der Waals surface area contributed by atoms with Crippen LogP contribution in [0.15, 0.2) is 18.3 Å². The molecule has 0 spiro atoms. The van der Waals surface area contributed by atoms with Crippen LogP contribution in [-0.4, -0.2) is 43.3 Å². The van der Waals surface area contributed by atoms with Crippen molar-refractivity contribution >= 4 is 12.6 Å². The summed E-state index contributed by atoms with van der Waals surface area (Å²) in [6, 6.07) is 3.97. The highest BCUT2D eigenvalue weighted by molar-refractivity contribution is 6.62. The second-order valence-electron chi connectivity index (χ2n) is 6.66. The predicted molar refractivity (Wildman–Crippen MR) is 79.5 cm³/mol. The lowest BCUT2D eigenvalue weighted by Crippen LogP contribution is -2.41. The van der Waals surface area contributed by atoms with Crippen molar-refractivity contribution < 1.29 is 18.8 Å². The largest absolute Gasteiger partial charge is 0.494 e. The van der Waals surface area contributed by atoms with E-state index in [9.17, 15) is 0 Å². The predicted octanol–water partition coefficient (Wildman–Crippen LogP) is 1.47. The third-order valence-electron chi connectivity index (χ3n) is 4.55. The first-order valence-electron chi connectivity index (χ1n) is 7.36. The van der Waals surface area contributed by atoms with Crippen molar-refractivity contribution in [1.82, 2.24) is 4.98 Å². The lowest BCUT2D eigenvalue weighted by molar-refractivity contribution is -0.108. The molecule has 3 rings (SSSR count). The van der Waals surface area contributed by atoms with Crippen molar-refractivity contribution in [2.75, 3.05) is 20.0 Å². The zero-order valence-electron chi connectivity index (χ0n) is 13.1. The van der Waals surface area contributed by atoms with E-state index in [0.29, 0.717) is 20.0 Å². The maximum Gasteiger partial charge on any atom is 0.494 e. The number of aromatic nitrogens is 1. The van der Waals surface area contributed by atoms with Gasteiger partial charge in [-0.1, -0.05) is 0 Å². The Morgan fingerprint density at radius 3 is 2.33 bits per heavy atom. The molecule has 0 aliphatic carbocycles. The highest BCUT2D eigenvalue weighted by atomic mass is 16.7. The van der Waals surface area contributed by atoms with E-state index < -0.39 is 0 Å². The molecule has 5 nitrogen and oxygen atoms in total. The molecule has 0 unspecified atom stereocenters. The topological polar surface area (TPSA) is 49.8 Å². The molecule has 114 valence electrons. The molecule has 2 fully saturated rings. The van der Waals surface area contributed by atoms with Gasteiger partial charge in [0.05, 0.1) is 24.4 Å². The van der Waals surface area contributed by atoms with Crippen LogP contribution in [0.1, 0.15) is 39.3 Å². The van der Waals surface area contributed by atoms with Gasteiger partial charge in [0.25, 0.3) is 0 Å². The highest BCUT2D eigenvalue weighted by Crippen LogP contribution is 2.36. The van der Waals surface area contributed by atoms with Crippen LogP contribution in [0.2, 0.25) is 0 Å². The van der Waals surface area contributed by atoms with Gasteiger partial charge in [0.1, 0.15) is 6.79 Å². The first-order valence-corrected chi connectivity index (χ1v) is 7.36. The molecule has 0 radical (unpaired) electrons. The SMILES string of the molecule is CC1(C)OB(c2ccnc(C3COCOC3)c2)OC1(C)C. The maximum absolute atomic E-state index is 6.08. The minimum absolute atomic E-state index is 0.168. The monoisotopic (exact) mass is 291 g/mol. The van der Waals surface area contributed by atoms with E-state index in [1.165, 1.54) is 0 Å². The normalized spacial score (nSPS) is 25.2. The van der Waals surface area contributed by atoms with Crippen LogP contribution in [0, 0.1) is 0 Å². The van der Waals surface area contributed by atoms with Gasteiger partial charge in [0.2, 0.25) is 0 Å². The minimum Gasteiger partial charge on any atom is -0.399 e. The first-order chi connectivity index (χ1) is 9.89. The Balaban J connectivity index is 1.81. The lowest BCUT2D eigenvalue weighted by Gasteiger charge is -2.32. The average molecular weight is 291 g/mol. The van der Waals surface area contributed by atoms with Crippen LogP contribution in [0.5, 0.6) is 0 Å². The quantitative estimate of drug-likeness (QED) is 0.772. The molecule has 3 heterocycles. The summed E-state index contributed by atoms with van der Waals surface area (Å²) < 4.78 is 22.8. The third-order valence-corrected chi connectivity index (χ3v) is 4.55. The van der Waals surface area contributed by atoms with Crippen molar-refractivity contribution in [3.63, 3.8) is 0 Å². The van der Waals surface area contributed by atoms with Crippen LogP contribution >= 0.6 is 0 Å². The summed E-state index contributed by atoms with van der Waals surface area (Å²) in [5, 5.41) is 0. The van der Waals surface area contributed by atoms with Gasteiger partial charge in [-0.05, 0) is 45.3 Å². The van der Waals surface area contributed by atoms with E-state index in [1.54, 1.807) is 6.20 Å². The standard InChI is InChI=1S/C15H22BNO4/c1-14(2)15(3,4)21-16(20-14)12-5-6-17-13(7-12)11-8-18-10-19-9-11/h5-7,11H,8-10H2,1-4H3. The van der Waals surface area contributed by atoms with E-state index >= 15 is 0 Å². The van der Waals surface area contributed by atoms with E-state index in [-0.39, 0.29) is 24.2 Å². The zero-order chi connectivity index (χ0) is 15.1. The lowest BCUT2D eigenvalue weighted by atomic mass is 9.79. The van der Waals surface area contributed by atoms with Gasteiger partial charge >= 0.3 is 7.12 Å². The Morgan fingerprint density at radius 2 is 1.71 bits per heavy atom. The van der Waals surface area contributed by atoms with E-state index in [0.717, 1.165) is 11.2 Å². The Morgan fingerprint density at radius 1 is 1.10 bits per heavy atom. The summed E-state index contributed by atoms with van der Waals surface area (Å²) in [4.78, 5) is 4.44. The Bertz CT molecular complexity index is 498. The Labute approximate surface area is 126 Å². The van der Waals surface area contributed by atoms with Crippen molar-refractivity contribution in [2.45, 2.75) is 44.8 Å². The van der Waals surface area contributed by atoms with E-state index in [2.05, 4.69) is 32.7 Å². The summed E-state index contributed by atoms with van der Waals surface area (Å²) in [5.41, 5.74) is 1.28. The van der Waals surface area contributed by atoms with Crippen molar-refractivity contribution in [2.24, 2.45) is 0 Å². The number of rotatable bonds is 2. The van der Waals surface area contributed by atoms with Crippen molar-refractivity contribution in [3.05, 3.63) is 24.0 Å². The van der Waals surface area contributed by atoms with Crippen LogP contribution in [-0.2, 0) is 18.8 Å². The molecular weight excluding hydrogens is 269 g/mol. The summed E-state index contributed by atoms with van der Waals surface area (Å²) in [7, 11) is -0.359. The van der Waals surface area contributed by atoms with Gasteiger partial charge in [-0.15, -0.1) is 0 Å². The van der Waals surface area contributed by atoms with Crippen LogP contribution in [0.4, 0.5) is 0 Å². The molecule has 0 atom stereocenters. The maximum atomic E-state index is 6.08. The number of nitrogens with zero attached hydrogens (tertiary/aromatic N) is 1. The van der Waals surface area contributed by atoms with E-state index in [4.69, 9.17) is 18.8 Å². The summed E-state index contributed by atoms with van der Waals surface area (Å²) in [5.74, 6) is 0.168. The molecule has 2 aliphatic heterocycles. The second-order valence-corrected chi connectivity index (χ2v) is 6.66. The van der Waals surface area contributed by atoms with Crippen molar-refractivity contribution in [1.29, 1.82) is 0 Å². The van der Waals surface area contributed by atoms with Gasteiger partial charge in [0, 0.05) is 17.8 Å². The fraction of sp³-hybridized carbons (Fsp3) is 0.667. The molecular formula is C15H22BNO4. The van der Waals surface area contributed by atoms with Crippen LogP contribution in [0.25, 0.3) is 0 Å². The van der Waals surface area contributed by atoms with Crippen LogP contribution < -0.4 is 5.46 Å². The number of pyridine rings is 1. The second kappa shape index (κ2) is 5.36. The third kappa shape index (κ3) is 2.86. The average Bonchev–Trinajstić information content (AvgIpc) is 2.69. The molecule has 6 heteroatoms. The Kier molecular flexibility index (Phi) is 3.82. The smallest absolute Gasteiger partial charge is 0.399 e. The van der Waals surface area contributed by atoms with Gasteiger partial charge in [-0.3, -0.25) is 4.98 Å². The number of hydrogen-bond acceptors (Lipinski definition) is 5. The number of ether oxygens (including phenoxy) is 2. The molecule has 0 N–H and O–H groups in total. The van der Waals surface area contributed by atoms with Gasteiger partial charge in [0.15, 0.2) is 0 Å². The molecule has 1 aromatic rings. The Hall–Kier alpha value is -0.945. The molecule has 0 saturated carbocycles. The van der Waals surface area contributed by atoms with Crippen LogP contribution in [0.3, 0.4) is 0 Å². The van der Waals surface area contributed by atoms with Gasteiger partial charge in [-0.2, -0.15) is 0 Å². The first kappa shape index (κ1) is 15.0. The molecule has 2 saturated heterocycles. The molecule has 1 aromatic heterocycles. The van der Waals surface area contributed by atoms with Gasteiger partial charge in [-0.25, -0.2) is 0 Å². The molecule has 21 heavy (non-hydrogen) atoms. The molecule has 0 amide bonds. The fourth-order valence-electron chi connectivity index (χ4n) is 2.47. The molecule has 0 bridgehead atoms. The van der Waals surface area contributed by atoms with Crippen molar-refractivity contribution in [3.8, 4) is 0 Å². The molecule has 2 aliphatic rings. The van der Waals surface area contributed by atoms with Gasteiger partial charge < -0.3 is 18.8 Å². The number of hydrogen-bond donors (Lipinski definition) is 0. The summed E-state index contributed by atoms with van der Waals surface area (Å²) in [6.45, 7) is 9.86. The van der Waals surface area contributed by atoms with E-state index in [1.807, 2.05) is 12.1 Å². The zero-order valence-corrected chi connectivity index (χ0v) is 13.1. The minimum atomic E-state index is -0.359. The summed E-state index contributed by atoms with van der Waals surface area (Å²) in [6.07, 6.45) is 1.80. The summed E-state index contributed by atoms with van der Waals surface area (Å²) >= 11 is 0.